The fourth-order valence-electron chi connectivity index (χ4n) is 2.94. The summed E-state index contributed by atoms with van der Waals surface area (Å²) in [6.45, 7) is 2.42. The zero-order chi connectivity index (χ0) is 21.3. The summed E-state index contributed by atoms with van der Waals surface area (Å²) in [6.07, 6.45) is -0.129. The Balaban J connectivity index is 1.51. The Morgan fingerprint density at radius 1 is 0.968 bits per heavy atom. The molecular weight excluding hydrogens is 394 g/mol. The summed E-state index contributed by atoms with van der Waals surface area (Å²) in [5, 5.41) is 9.42. The number of aromatic nitrogens is 1. The second-order valence-corrected chi connectivity index (χ2v) is 6.98. The van der Waals surface area contributed by atoms with Crippen molar-refractivity contribution in [1.82, 2.24) is 4.98 Å². The molecule has 0 aliphatic carbocycles. The Morgan fingerprint density at radius 2 is 1.81 bits per heavy atom. The molecule has 1 N–H and O–H groups in total. The minimum Gasteiger partial charge on any atom is -0.508 e. The molecule has 1 aliphatic rings. The van der Waals surface area contributed by atoms with Crippen molar-refractivity contribution >= 4 is 0 Å². The lowest BCUT2D eigenvalue weighted by atomic mass is 10.2. The van der Waals surface area contributed by atoms with Crippen LogP contribution in [-0.2, 0) is 16.1 Å². The van der Waals surface area contributed by atoms with Gasteiger partial charge in [0.2, 0.25) is 5.88 Å². The smallest absolute Gasteiger partial charge is 0.218 e. The third-order valence-electron chi connectivity index (χ3n) is 4.53. The highest BCUT2D eigenvalue weighted by Crippen LogP contribution is 2.21. The molecule has 1 atom stereocenters. The molecule has 1 aliphatic heterocycles. The van der Waals surface area contributed by atoms with Gasteiger partial charge in [-0.2, -0.15) is 0 Å². The fraction of sp³-hybridized carbons (Fsp3) is 0.240. The minimum absolute atomic E-state index is 0.129. The van der Waals surface area contributed by atoms with Crippen molar-refractivity contribution in [3.8, 4) is 29.2 Å². The zero-order valence-corrected chi connectivity index (χ0v) is 17.0. The van der Waals surface area contributed by atoms with E-state index in [1.807, 2.05) is 30.3 Å². The number of aromatic hydroxyl groups is 1. The number of rotatable bonds is 6. The largest absolute Gasteiger partial charge is 0.508 e. The lowest BCUT2D eigenvalue weighted by Crippen LogP contribution is -2.33. The monoisotopic (exact) mass is 417 g/mol. The lowest BCUT2D eigenvalue weighted by Gasteiger charge is -2.22. The highest BCUT2D eigenvalue weighted by Gasteiger charge is 2.16. The van der Waals surface area contributed by atoms with Gasteiger partial charge in [-0.15, -0.1) is 0 Å². The third kappa shape index (κ3) is 6.48. The second kappa shape index (κ2) is 10.5. The maximum atomic E-state index is 9.42. The van der Waals surface area contributed by atoms with Crippen LogP contribution in [0.3, 0.4) is 0 Å². The first kappa shape index (κ1) is 20.7. The number of ether oxygens (including phenoxy) is 4. The van der Waals surface area contributed by atoms with Gasteiger partial charge in [0.1, 0.15) is 36.5 Å². The van der Waals surface area contributed by atoms with E-state index in [-0.39, 0.29) is 11.9 Å². The van der Waals surface area contributed by atoms with Crippen LogP contribution in [0.4, 0.5) is 0 Å². The van der Waals surface area contributed by atoms with Gasteiger partial charge in [-0.1, -0.05) is 36.3 Å². The van der Waals surface area contributed by atoms with E-state index < -0.39 is 0 Å². The molecule has 1 aromatic heterocycles. The normalized spacial score (nSPS) is 15.5. The van der Waals surface area contributed by atoms with Crippen LogP contribution in [0.1, 0.15) is 16.8 Å². The van der Waals surface area contributed by atoms with Crippen LogP contribution in [0, 0.1) is 11.8 Å². The van der Waals surface area contributed by atoms with Crippen LogP contribution < -0.4 is 9.47 Å². The number of phenolic OH excluding ortho intramolecular Hbond substituents is 1. The predicted molar refractivity (Wildman–Crippen MR) is 115 cm³/mol. The lowest BCUT2D eigenvalue weighted by molar-refractivity contribution is -0.102. The van der Waals surface area contributed by atoms with Gasteiger partial charge in [0.05, 0.1) is 19.8 Å². The summed E-state index contributed by atoms with van der Waals surface area (Å²) in [6, 6.07) is 20.1. The maximum Gasteiger partial charge on any atom is 0.218 e. The molecule has 158 valence electrons. The van der Waals surface area contributed by atoms with E-state index in [1.54, 1.807) is 36.4 Å². The molecule has 1 saturated heterocycles. The molecule has 0 spiro atoms. The first-order valence-electron chi connectivity index (χ1n) is 10.1. The average molecular weight is 417 g/mol. The van der Waals surface area contributed by atoms with Gasteiger partial charge in [-0.05, 0) is 35.7 Å². The maximum absolute atomic E-state index is 9.42. The van der Waals surface area contributed by atoms with Gasteiger partial charge < -0.3 is 24.1 Å². The van der Waals surface area contributed by atoms with E-state index in [0.29, 0.717) is 50.4 Å². The molecular formula is C25H23NO5. The van der Waals surface area contributed by atoms with Crippen molar-refractivity contribution in [2.75, 3.05) is 26.4 Å². The van der Waals surface area contributed by atoms with E-state index in [4.69, 9.17) is 18.9 Å². The Morgan fingerprint density at radius 3 is 2.58 bits per heavy atom. The Labute approximate surface area is 181 Å². The Bertz CT molecular complexity index is 1040. The molecule has 6 heteroatoms. The molecule has 4 rings (SSSR count). The summed E-state index contributed by atoms with van der Waals surface area (Å²) in [4.78, 5) is 4.48. The average Bonchev–Trinajstić information content (AvgIpc) is 2.82. The van der Waals surface area contributed by atoms with Crippen LogP contribution >= 0.6 is 0 Å². The highest BCUT2D eigenvalue weighted by atomic mass is 16.6. The SMILES string of the molecule is Oc1ccc(C#Cc2cc(OCc3ccccc3)cc(OCC3COCCO3)n2)cc1. The first-order chi connectivity index (χ1) is 15.2. The van der Waals surface area contributed by atoms with E-state index >= 15 is 0 Å². The number of hydrogen-bond acceptors (Lipinski definition) is 6. The Hall–Kier alpha value is -3.53. The van der Waals surface area contributed by atoms with Gasteiger partial charge in [-0.3, -0.25) is 0 Å². The van der Waals surface area contributed by atoms with Gasteiger partial charge in [0.25, 0.3) is 0 Å². The summed E-state index contributed by atoms with van der Waals surface area (Å²) in [7, 11) is 0. The Kier molecular flexibility index (Phi) is 7.01. The molecule has 0 bridgehead atoms. The van der Waals surface area contributed by atoms with E-state index in [2.05, 4.69) is 16.8 Å². The molecule has 2 aromatic carbocycles. The van der Waals surface area contributed by atoms with E-state index in [1.165, 1.54) is 0 Å². The zero-order valence-electron chi connectivity index (χ0n) is 17.0. The van der Waals surface area contributed by atoms with Crippen LogP contribution in [0.2, 0.25) is 0 Å². The molecule has 31 heavy (non-hydrogen) atoms. The standard InChI is InChI=1S/C25H23NO5/c27-22-10-7-19(8-11-22)6-9-21-14-23(30-16-20-4-2-1-3-5-20)15-25(26-21)31-18-24-17-28-12-13-29-24/h1-5,7-8,10-11,14-15,24,27H,12-13,16-18H2. The summed E-state index contributed by atoms with van der Waals surface area (Å²) >= 11 is 0. The van der Waals surface area contributed by atoms with Crippen molar-refractivity contribution in [1.29, 1.82) is 0 Å². The van der Waals surface area contributed by atoms with Gasteiger partial charge in [0.15, 0.2) is 0 Å². The quantitative estimate of drug-likeness (QED) is 0.619. The minimum atomic E-state index is -0.129. The van der Waals surface area contributed by atoms with Gasteiger partial charge in [0, 0.05) is 17.7 Å². The molecule has 1 fully saturated rings. The molecule has 1 unspecified atom stereocenters. The number of benzene rings is 2. The summed E-state index contributed by atoms with van der Waals surface area (Å²) < 4.78 is 22.8. The number of pyridine rings is 1. The van der Waals surface area contributed by atoms with Crippen LogP contribution in [-0.4, -0.2) is 42.6 Å². The van der Waals surface area contributed by atoms with Gasteiger partial charge in [-0.25, -0.2) is 4.98 Å². The van der Waals surface area contributed by atoms with Crippen molar-refractivity contribution in [2.45, 2.75) is 12.7 Å². The summed E-state index contributed by atoms with van der Waals surface area (Å²) in [5.41, 5.74) is 2.35. The van der Waals surface area contributed by atoms with Gasteiger partial charge >= 0.3 is 0 Å². The fourth-order valence-corrected chi connectivity index (χ4v) is 2.94. The van der Waals surface area contributed by atoms with Crippen LogP contribution in [0.5, 0.6) is 17.4 Å². The number of hydrogen-bond donors (Lipinski definition) is 1. The first-order valence-corrected chi connectivity index (χ1v) is 10.1. The second-order valence-electron chi connectivity index (χ2n) is 6.98. The number of nitrogens with zero attached hydrogens (tertiary/aromatic N) is 1. The van der Waals surface area contributed by atoms with Crippen molar-refractivity contribution in [2.24, 2.45) is 0 Å². The predicted octanol–water partition coefficient (Wildman–Crippen LogP) is 3.56. The van der Waals surface area contributed by atoms with Crippen LogP contribution in [0.15, 0.2) is 66.7 Å². The van der Waals surface area contributed by atoms with Crippen molar-refractivity contribution < 1.29 is 24.1 Å². The molecule has 0 radical (unpaired) electrons. The highest BCUT2D eigenvalue weighted by molar-refractivity contribution is 5.45. The molecule has 0 amide bonds. The van der Waals surface area contributed by atoms with E-state index in [9.17, 15) is 5.11 Å². The van der Waals surface area contributed by atoms with E-state index in [0.717, 1.165) is 11.1 Å². The molecule has 3 aromatic rings. The third-order valence-corrected chi connectivity index (χ3v) is 4.53. The summed E-state index contributed by atoms with van der Waals surface area (Å²) in [5.74, 6) is 7.31. The van der Waals surface area contributed by atoms with Crippen molar-refractivity contribution in [3.05, 3.63) is 83.6 Å². The number of phenols is 1. The topological polar surface area (TPSA) is 70.0 Å². The van der Waals surface area contributed by atoms with Crippen LogP contribution in [0.25, 0.3) is 0 Å². The van der Waals surface area contributed by atoms with Crippen molar-refractivity contribution in [3.63, 3.8) is 0 Å². The molecule has 2 heterocycles. The molecule has 6 nitrogen and oxygen atoms in total. The molecule has 0 saturated carbocycles.